The van der Waals surface area contributed by atoms with Crippen LogP contribution in [0.2, 0.25) is 0 Å². The lowest BCUT2D eigenvalue weighted by Gasteiger charge is -2.06. The van der Waals surface area contributed by atoms with Gasteiger partial charge in [-0.05, 0) is 6.42 Å². The Morgan fingerprint density at radius 2 is 2.09 bits per heavy atom. The fourth-order valence-electron chi connectivity index (χ4n) is 2.25. The van der Waals surface area contributed by atoms with Crippen LogP contribution in [0.5, 0.6) is 0 Å². The Bertz CT molecular complexity index is 294. The second kappa shape index (κ2) is 1.62. The fourth-order valence-corrected chi connectivity index (χ4v) is 3.94. The van der Waals surface area contributed by atoms with E-state index in [1.54, 1.807) is 0 Å². The van der Waals surface area contributed by atoms with Gasteiger partial charge in [-0.25, -0.2) is 0 Å². The van der Waals surface area contributed by atoms with E-state index in [4.69, 9.17) is 8.92 Å². The molecule has 3 aliphatic heterocycles. The number of hydrogen-bond acceptors (Lipinski definition) is 4. The minimum Gasteiger partial charge on any atom is -0.371 e. The Labute approximate surface area is 64.6 Å². The van der Waals surface area contributed by atoms with Gasteiger partial charge < -0.3 is 4.74 Å². The summed E-state index contributed by atoms with van der Waals surface area (Å²) in [6, 6.07) is 0. The van der Waals surface area contributed by atoms with Crippen LogP contribution in [0, 0.1) is 0 Å². The first-order valence-corrected chi connectivity index (χ1v) is 5.21. The first kappa shape index (κ1) is 6.39. The van der Waals surface area contributed by atoms with Crippen molar-refractivity contribution in [3.8, 4) is 0 Å². The summed E-state index contributed by atoms with van der Waals surface area (Å²) in [6.07, 6.45) is 1.24. The van der Waals surface area contributed by atoms with E-state index in [0.29, 0.717) is 6.42 Å². The SMILES string of the molecule is O=S1(=O)OC2CC3CC1C2O3. The summed E-state index contributed by atoms with van der Waals surface area (Å²) in [6.45, 7) is 0. The van der Waals surface area contributed by atoms with Crippen LogP contribution in [-0.2, 0) is 19.0 Å². The Balaban J connectivity index is 2.14. The fraction of sp³-hybridized carbons (Fsp3) is 1.00. The summed E-state index contributed by atoms with van der Waals surface area (Å²) >= 11 is 0. The van der Waals surface area contributed by atoms with E-state index in [1.807, 2.05) is 0 Å². The van der Waals surface area contributed by atoms with Gasteiger partial charge in [0.05, 0.1) is 6.10 Å². The first-order chi connectivity index (χ1) is 5.17. The minimum atomic E-state index is -3.26. The lowest BCUT2D eigenvalue weighted by Crippen LogP contribution is -2.27. The molecule has 3 saturated heterocycles. The topological polar surface area (TPSA) is 52.6 Å². The molecule has 0 aromatic rings. The van der Waals surface area contributed by atoms with E-state index in [9.17, 15) is 8.42 Å². The zero-order valence-electron chi connectivity index (χ0n) is 5.76. The van der Waals surface area contributed by atoms with Crippen LogP contribution in [0.1, 0.15) is 12.8 Å². The molecule has 0 aliphatic carbocycles. The third-order valence-corrected chi connectivity index (χ3v) is 4.42. The number of hydrogen-bond donors (Lipinski definition) is 0. The van der Waals surface area contributed by atoms with Crippen LogP contribution >= 0.6 is 0 Å². The third kappa shape index (κ3) is 0.641. The Kier molecular flexibility index (Phi) is 0.944. The molecule has 62 valence electrons. The smallest absolute Gasteiger partial charge is 0.273 e. The standard InChI is InChI=1S/C6H8O4S/c7-11(8)5-2-3-1-4(10-11)6(5)9-3/h3-6H,1-2H2. The van der Waals surface area contributed by atoms with Gasteiger partial charge in [0.2, 0.25) is 0 Å². The maximum Gasteiger partial charge on any atom is 0.273 e. The van der Waals surface area contributed by atoms with Crippen LogP contribution in [-0.4, -0.2) is 32.0 Å². The first-order valence-electron chi connectivity index (χ1n) is 3.74. The van der Waals surface area contributed by atoms with Gasteiger partial charge in [0, 0.05) is 6.42 Å². The normalized spacial score (nSPS) is 57.1. The second-order valence-electron chi connectivity index (χ2n) is 3.36. The lowest BCUT2D eigenvalue weighted by atomic mass is 9.98. The molecule has 3 aliphatic rings. The Hall–Kier alpha value is -0.130. The molecule has 0 aromatic carbocycles. The van der Waals surface area contributed by atoms with Crippen molar-refractivity contribution in [1.29, 1.82) is 0 Å². The van der Waals surface area contributed by atoms with Crippen molar-refractivity contribution in [1.82, 2.24) is 0 Å². The van der Waals surface area contributed by atoms with Gasteiger partial charge in [-0.3, -0.25) is 4.18 Å². The number of rotatable bonds is 0. The highest BCUT2D eigenvalue weighted by Crippen LogP contribution is 2.46. The largest absolute Gasteiger partial charge is 0.371 e. The van der Waals surface area contributed by atoms with Crippen molar-refractivity contribution in [2.75, 3.05) is 0 Å². The molecule has 11 heavy (non-hydrogen) atoms. The highest BCUT2D eigenvalue weighted by Gasteiger charge is 2.60. The van der Waals surface area contributed by atoms with Gasteiger partial charge >= 0.3 is 0 Å². The maximum absolute atomic E-state index is 11.2. The van der Waals surface area contributed by atoms with Crippen molar-refractivity contribution in [3.63, 3.8) is 0 Å². The predicted octanol–water partition coefficient (Wildman–Crippen LogP) is -0.355. The molecule has 0 aromatic heterocycles. The van der Waals surface area contributed by atoms with Gasteiger partial charge in [-0.15, -0.1) is 0 Å². The summed E-state index contributed by atoms with van der Waals surface area (Å²) in [5.41, 5.74) is 0. The molecular formula is C6H8O4S. The summed E-state index contributed by atoms with van der Waals surface area (Å²) in [5.74, 6) is 0. The summed E-state index contributed by atoms with van der Waals surface area (Å²) in [4.78, 5) is 0. The summed E-state index contributed by atoms with van der Waals surface area (Å²) in [5, 5.41) is -0.355. The van der Waals surface area contributed by atoms with Gasteiger partial charge in [-0.2, -0.15) is 8.42 Å². The van der Waals surface area contributed by atoms with Crippen LogP contribution in [0.3, 0.4) is 0 Å². The second-order valence-corrected chi connectivity index (χ2v) is 5.14. The van der Waals surface area contributed by atoms with Gasteiger partial charge in [0.1, 0.15) is 17.5 Å². The van der Waals surface area contributed by atoms with Crippen LogP contribution in [0.15, 0.2) is 0 Å². The van der Waals surface area contributed by atoms with Crippen LogP contribution in [0.25, 0.3) is 0 Å². The molecule has 3 heterocycles. The van der Waals surface area contributed by atoms with E-state index in [0.717, 1.165) is 6.42 Å². The average molecular weight is 176 g/mol. The number of fused-ring (bicyclic) bond motifs is 1. The quantitative estimate of drug-likeness (QED) is 0.473. The van der Waals surface area contributed by atoms with Gasteiger partial charge in [0.15, 0.2) is 0 Å². The Morgan fingerprint density at radius 1 is 1.27 bits per heavy atom. The highest BCUT2D eigenvalue weighted by molar-refractivity contribution is 7.87. The van der Waals surface area contributed by atoms with Gasteiger partial charge in [-0.1, -0.05) is 0 Å². The van der Waals surface area contributed by atoms with Crippen LogP contribution in [0.4, 0.5) is 0 Å². The highest BCUT2D eigenvalue weighted by atomic mass is 32.2. The number of ether oxygens (including phenoxy) is 1. The summed E-state index contributed by atoms with van der Waals surface area (Å²) in [7, 11) is -3.26. The van der Waals surface area contributed by atoms with E-state index in [1.165, 1.54) is 0 Å². The molecule has 0 N–H and O–H groups in total. The van der Waals surface area contributed by atoms with E-state index < -0.39 is 10.1 Å². The molecule has 3 fully saturated rings. The van der Waals surface area contributed by atoms with Crippen LogP contribution < -0.4 is 0 Å². The van der Waals surface area contributed by atoms with Crippen molar-refractivity contribution in [2.24, 2.45) is 0 Å². The zero-order chi connectivity index (χ0) is 7.64. The molecule has 0 radical (unpaired) electrons. The summed E-state index contributed by atoms with van der Waals surface area (Å²) < 4.78 is 32.6. The van der Waals surface area contributed by atoms with Crippen molar-refractivity contribution in [2.45, 2.75) is 36.4 Å². The molecule has 0 saturated carbocycles. The zero-order valence-corrected chi connectivity index (χ0v) is 6.58. The average Bonchev–Trinajstić information content (AvgIpc) is 2.44. The molecule has 5 heteroatoms. The van der Waals surface area contributed by atoms with E-state index in [-0.39, 0.29) is 23.6 Å². The monoisotopic (exact) mass is 176 g/mol. The van der Waals surface area contributed by atoms with Crippen molar-refractivity contribution in [3.05, 3.63) is 0 Å². The predicted molar refractivity (Wildman–Crippen MR) is 35.5 cm³/mol. The molecule has 4 atom stereocenters. The molecular weight excluding hydrogens is 168 g/mol. The van der Waals surface area contributed by atoms with Crippen molar-refractivity contribution < 1.29 is 17.3 Å². The molecule has 3 rings (SSSR count). The minimum absolute atomic E-state index is 0.146. The van der Waals surface area contributed by atoms with Gasteiger partial charge in [0.25, 0.3) is 10.1 Å². The maximum atomic E-state index is 11.2. The van der Waals surface area contributed by atoms with E-state index >= 15 is 0 Å². The molecule has 0 amide bonds. The van der Waals surface area contributed by atoms with E-state index in [2.05, 4.69) is 0 Å². The van der Waals surface area contributed by atoms with Crippen molar-refractivity contribution >= 4 is 10.1 Å². The lowest BCUT2D eigenvalue weighted by molar-refractivity contribution is 0.0838. The molecule has 0 spiro atoms. The third-order valence-electron chi connectivity index (χ3n) is 2.70. The molecule has 2 bridgehead atoms. The molecule has 4 nitrogen and oxygen atoms in total. The Morgan fingerprint density at radius 3 is 2.64 bits per heavy atom. The molecule has 4 unspecified atom stereocenters.